The quantitative estimate of drug-likeness (QED) is 0.778. The van der Waals surface area contributed by atoms with E-state index in [2.05, 4.69) is 13.0 Å². The molecule has 0 aliphatic heterocycles. The van der Waals surface area contributed by atoms with E-state index in [4.69, 9.17) is 4.42 Å². The molecule has 4 aliphatic rings. The first-order valence-electron chi connectivity index (χ1n) is 9.40. The lowest BCUT2D eigenvalue weighted by Crippen LogP contribution is -2.49. The highest BCUT2D eigenvalue weighted by molar-refractivity contribution is 5.23. The lowest BCUT2D eigenvalue weighted by Gasteiger charge is -2.55. The molecule has 120 valence electrons. The Bertz CT molecular complexity index is 576. The highest BCUT2D eigenvalue weighted by Crippen LogP contribution is 2.62. The number of fused-ring (bicyclic) bond motifs is 6. The Hall–Kier alpha value is -0.760. The molecule has 2 heteroatoms. The van der Waals surface area contributed by atoms with Gasteiger partial charge in [-0.2, -0.15) is 0 Å². The summed E-state index contributed by atoms with van der Waals surface area (Å²) in [5.74, 6) is 5.59. The number of hydrogen-bond donors (Lipinski definition) is 1. The Morgan fingerprint density at radius 1 is 1.05 bits per heavy atom. The number of rotatable bonds is 0. The van der Waals surface area contributed by atoms with Crippen LogP contribution in [0, 0.1) is 35.0 Å². The number of furan rings is 1. The lowest BCUT2D eigenvalue weighted by atomic mass is 9.50. The van der Waals surface area contributed by atoms with E-state index in [0.29, 0.717) is 0 Å². The van der Waals surface area contributed by atoms with Crippen LogP contribution in [0.5, 0.6) is 0 Å². The van der Waals surface area contributed by atoms with E-state index in [0.717, 1.165) is 36.0 Å². The molecule has 3 saturated carbocycles. The van der Waals surface area contributed by atoms with E-state index in [9.17, 15) is 5.11 Å². The van der Waals surface area contributed by atoms with Crippen LogP contribution in [-0.2, 0) is 12.8 Å². The Morgan fingerprint density at radius 2 is 1.95 bits per heavy atom. The monoisotopic (exact) mass is 300 g/mol. The predicted molar refractivity (Wildman–Crippen MR) is 85.4 cm³/mol. The Labute approximate surface area is 133 Å². The van der Waals surface area contributed by atoms with Crippen LogP contribution in [0.2, 0.25) is 0 Å². The first-order chi connectivity index (χ1) is 10.7. The zero-order chi connectivity index (χ0) is 14.9. The molecule has 1 aromatic rings. The molecule has 3 fully saturated rings. The van der Waals surface area contributed by atoms with E-state index in [1.54, 1.807) is 0 Å². The second kappa shape index (κ2) is 4.63. The van der Waals surface area contributed by atoms with Gasteiger partial charge in [-0.05, 0) is 91.6 Å². The molecule has 7 atom stereocenters. The maximum absolute atomic E-state index is 10.5. The van der Waals surface area contributed by atoms with Gasteiger partial charge < -0.3 is 9.52 Å². The maximum atomic E-state index is 10.5. The minimum absolute atomic E-state index is 0.0389. The van der Waals surface area contributed by atoms with Crippen molar-refractivity contribution in [1.29, 1.82) is 0 Å². The van der Waals surface area contributed by atoms with Crippen LogP contribution in [0.4, 0.5) is 0 Å². The minimum atomic E-state index is -0.0389. The summed E-state index contributed by atoms with van der Waals surface area (Å²) in [6, 6.07) is 2.21. The Kier molecular flexibility index (Phi) is 2.87. The average molecular weight is 300 g/mol. The summed E-state index contributed by atoms with van der Waals surface area (Å²) < 4.78 is 5.71. The number of aliphatic hydroxyl groups excluding tert-OH is 1. The van der Waals surface area contributed by atoms with Crippen molar-refractivity contribution >= 4 is 0 Å². The Balaban J connectivity index is 1.45. The average Bonchev–Trinajstić information content (AvgIpc) is 3.09. The largest absolute Gasteiger partial charge is 0.469 e. The molecule has 0 unspecified atom stereocenters. The summed E-state index contributed by atoms with van der Waals surface area (Å²) >= 11 is 0. The minimum Gasteiger partial charge on any atom is -0.469 e. The van der Waals surface area contributed by atoms with Gasteiger partial charge in [0, 0.05) is 6.42 Å². The van der Waals surface area contributed by atoms with Crippen LogP contribution in [-0.4, -0.2) is 11.2 Å². The van der Waals surface area contributed by atoms with Crippen molar-refractivity contribution in [1.82, 2.24) is 0 Å². The van der Waals surface area contributed by atoms with E-state index < -0.39 is 0 Å². The van der Waals surface area contributed by atoms with E-state index in [-0.39, 0.29) is 11.5 Å². The molecule has 1 N–H and O–H groups in total. The molecule has 4 aliphatic carbocycles. The van der Waals surface area contributed by atoms with Gasteiger partial charge in [-0.3, -0.25) is 0 Å². The summed E-state index contributed by atoms with van der Waals surface area (Å²) in [6.07, 6.45) is 12.0. The van der Waals surface area contributed by atoms with E-state index in [1.165, 1.54) is 56.3 Å². The van der Waals surface area contributed by atoms with E-state index in [1.807, 2.05) is 6.26 Å². The van der Waals surface area contributed by atoms with Crippen LogP contribution < -0.4 is 0 Å². The first-order valence-corrected chi connectivity index (χ1v) is 9.40. The topological polar surface area (TPSA) is 33.4 Å². The van der Waals surface area contributed by atoms with Crippen LogP contribution in [0.15, 0.2) is 16.7 Å². The van der Waals surface area contributed by atoms with Gasteiger partial charge in [0.25, 0.3) is 0 Å². The molecule has 0 bridgehead atoms. The van der Waals surface area contributed by atoms with Crippen molar-refractivity contribution in [2.45, 2.75) is 64.4 Å². The summed E-state index contributed by atoms with van der Waals surface area (Å²) in [6.45, 7) is 2.38. The van der Waals surface area contributed by atoms with Gasteiger partial charge in [-0.15, -0.1) is 0 Å². The molecule has 0 radical (unpaired) electrons. The molecule has 0 saturated heterocycles. The first kappa shape index (κ1) is 13.7. The van der Waals surface area contributed by atoms with Crippen molar-refractivity contribution in [2.24, 2.45) is 35.0 Å². The summed E-state index contributed by atoms with van der Waals surface area (Å²) in [7, 11) is 0. The fourth-order valence-electron chi connectivity index (χ4n) is 7.00. The van der Waals surface area contributed by atoms with Crippen molar-refractivity contribution in [3.8, 4) is 0 Å². The molecule has 0 aromatic carbocycles. The third kappa shape index (κ3) is 1.71. The molecular formula is C20H28O2. The van der Waals surface area contributed by atoms with Crippen LogP contribution in [0.3, 0.4) is 0 Å². The smallest absolute Gasteiger partial charge is 0.107 e. The van der Waals surface area contributed by atoms with Gasteiger partial charge in [-0.1, -0.05) is 6.92 Å². The van der Waals surface area contributed by atoms with Crippen LogP contribution in [0.25, 0.3) is 0 Å². The second-order valence-electron chi connectivity index (χ2n) is 8.85. The molecule has 0 spiro atoms. The highest BCUT2D eigenvalue weighted by Gasteiger charge is 2.56. The van der Waals surface area contributed by atoms with Crippen LogP contribution in [0.1, 0.15) is 56.8 Å². The summed E-state index contributed by atoms with van der Waals surface area (Å²) in [5.41, 5.74) is 1.71. The normalized spacial score (nSPS) is 49.9. The SMILES string of the molecule is C[C@]12CC[C@H]3[C@@H](CC[C@H]4Cc5occc5C[C@@H]43)[C@@H]1CC[C@@H]2O. The fraction of sp³-hybridized carbons (Fsp3) is 0.800. The van der Waals surface area contributed by atoms with Crippen molar-refractivity contribution < 1.29 is 9.52 Å². The van der Waals surface area contributed by atoms with Gasteiger partial charge in [0.2, 0.25) is 0 Å². The predicted octanol–water partition coefficient (Wildman–Crippen LogP) is 4.21. The third-order valence-corrected chi connectivity index (χ3v) is 8.21. The zero-order valence-electron chi connectivity index (χ0n) is 13.6. The fourth-order valence-corrected chi connectivity index (χ4v) is 7.00. The van der Waals surface area contributed by atoms with Crippen molar-refractivity contribution in [3.05, 3.63) is 23.7 Å². The van der Waals surface area contributed by atoms with Gasteiger partial charge in [0.05, 0.1) is 12.4 Å². The van der Waals surface area contributed by atoms with Gasteiger partial charge in [0.1, 0.15) is 5.76 Å². The molecular weight excluding hydrogens is 272 g/mol. The molecule has 5 rings (SSSR count). The zero-order valence-corrected chi connectivity index (χ0v) is 13.6. The molecule has 1 heterocycles. The van der Waals surface area contributed by atoms with Gasteiger partial charge in [-0.25, -0.2) is 0 Å². The third-order valence-electron chi connectivity index (χ3n) is 8.21. The standard InChI is InChI=1S/C20H28O2/c1-20-8-6-14-15(17(20)4-5-19(20)21)3-2-12-11-18-13(7-9-22-18)10-16(12)14/h7,9,12,14-17,19,21H,2-6,8,10-11H2,1H3/t12-,14-,15+,16-,17-,19-,20-/m0/s1. The highest BCUT2D eigenvalue weighted by atomic mass is 16.3. The van der Waals surface area contributed by atoms with Crippen molar-refractivity contribution in [3.63, 3.8) is 0 Å². The Morgan fingerprint density at radius 3 is 2.86 bits per heavy atom. The number of hydrogen-bond acceptors (Lipinski definition) is 2. The summed E-state index contributed by atoms with van der Waals surface area (Å²) in [5, 5.41) is 10.5. The van der Waals surface area contributed by atoms with Gasteiger partial charge in [0.15, 0.2) is 0 Å². The maximum Gasteiger partial charge on any atom is 0.107 e. The summed E-state index contributed by atoms with van der Waals surface area (Å²) in [4.78, 5) is 0. The molecule has 2 nitrogen and oxygen atoms in total. The molecule has 1 aromatic heterocycles. The van der Waals surface area contributed by atoms with Gasteiger partial charge >= 0.3 is 0 Å². The second-order valence-corrected chi connectivity index (χ2v) is 8.85. The molecule has 0 amide bonds. The van der Waals surface area contributed by atoms with E-state index >= 15 is 0 Å². The number of aliphatic hydroxyl groups is 1. The molecule has 22 heavy (non-hydrogen) atoms. The van der Waals surface area contributed by atoms with Crippen molar-refractivity contribution in [2.75, 3.05) is 0 Å². The van der Waals surface area contributed by atoms with Crippen LogP contribution >= 0.6 is 0 Å². The lowest BCUT2D eigenvalue weighted by molar-refractivity contribution is -0.0758.